The summed E-state index contributed by atoms with van der Waals surface area (Å²) in [6.45, 7) is 5.35. The van der Waals surface area contributed by atoms with Crippen LogP contribution in [0.4, 0.5) is 11.4 Å². The lowest BCUT2D eigenvalue weighted by Crippen LogP contribution is -2.41. The molecule has 0 aliphatic carbocycles. The Morgan fingerprint density at radius 1 is 1.37 bits per heavy atom. The van der Waals surface area contributed by atoms with Gasteiger partial charge in [0.2, 0.25) is 0 Å². The Morgan fingerprint density at radius 3 is 2.79 bits per heavy atom. The Bertz CT molecular complexity index is 430. The quantitative estimate of drug-likeness (QED) is 0.655. The summed E-state index contributed by atoms with van der Waals surface area (Å²) in [6.07, 6.45) is 3.89. The zero-order valence-electron chi connectivity index (χ0n) is 11.3. The van der Waals surface area contributed by atoms with Gasteiger partial charge in [0.15, 0.2) is 0 Å². The van der Waals surface area contributed by atoms with Crippen molar-refractivity contribution in [2.45, 2.75) is 32.2 Å². The van der Waals surface area contributed by atoms with E-state index in [9.17, 15) is 10.1 Å². The summed E-state index contributed by atoms with van der Waals surface area (Å²) in [5.74, 6) is 0. The smallest absolute Gasteiger partial charge is 0.271 e. The molecule has 1 aliphatic rings. The van der Waals surface area contributed by atoms with E-state index in [1.807, 2.05) is 6.07 Å². The molecule has 1 heterocycles. The Balaban J connectivity index is 1.87. The summed E-state index contributed by atoms with van der Waals surface area (Å²) in [7, 11) is 0. The molecule has 1 aromatic rings. The molecule has 1 N–H and O–H groups in total. The molecule has 0 spiro atoms. The molecular weight excluding hydrogens is 242 g/mol. The molecule has 1 saturated heterocycles. The molecule has 2 rings (SSSR count). The predicted octanol–water partition coefficient (Wildman–Crippen LogP) is 2.88. The van der Waals surface area contributed by atoms with Crippen molar-refractivity contribution in [3.05, 3.63) is 34.4 Å². The largest absolute Gasteiger partial charge is 0.383 e. The van der Waals surface area contributed by atoms with E-state index in [2.05, 4.69) is 17.1 Å². The number of piperidine rings is 1. The summed E-state index contributed by atoms with van der Waals surface area (Å²) in [5.41, 5.74) is 0.952. The maximum absolute atomic E-state index is 10.7. The van der Waals surface area contributed by atoms with E-state index in [4.69, 9.17) is 0 Å². The van der Waals surface area contributed by atoms with Gasteiger partial charge in [-0.05, 0) is 38.9 Å². The van der Waals surface area contributed by atoms with Crippen LogP contribution in [-0.2, 0) is 0 Å². The van der Waals surface area contributed by atoms with Crippen LogP contribution in [0.2, 0.25) is 0 Å². The second-order valence-corrected chi connectivity index (χ2v) is 5.13. The van der Waals surface area contributed by atoms with E-state index >= 15 is 0 Å². The molecule has 1 unspecified atom stereocenters. The van der Waals surface area contributed by atoms with Crippen molar-refractivity contribution in [3.8, 4) is 0 Å². The molecule has 0 bridgehead atoms. The van der Waals surface area contributed by atoms with E-state index in [0.29, 0.717) is 6.04 Å². The number of likely N-dealkylation sites (tertiary alicyclic amines) is 1. The lowest BCUT2D eigenvalue weighted by molar-refractivity contribution is -0.384. The van der Waals surface area contributed by atoms with Crippen LogP contribution in [0.25, 0.3) is 0 Å². The minimum atomic E-state index is -0.362. The number of hydrogen-bond donors (Lipinski definition) is 1. The van der Waals surface area contributed by atoms with Gasteiger partial charge in [-0.15, -0.1) is 0 Å². The second kappa shape index (κ2) is 6.52. The SMILES string of the molecule is CC(CNc1cccc([N+](=O)[O-])c1)N1CCCCC1. The van der Waals surface area contributed by atoms with Crippen molar-refractivity contribution in [2.75, 3.05) is 25.0 Å². The lowest BCUT2D eigenvalue weighted by atomic mass is 10.1. The highest BCUT2D eigenvalue weighted by molar-refractivity contribution is 5.50. The van der Waals surface area contributed by atoms with Gasteiger partial charge in [0.05, 0.1) is 4.92 Å². The number of nitro benzene ring substituents is 1. The first-order valence-electron chi connectivity index (χ1n) is 6.89. The summed E-state index contributed by atoms with van der Waals surface area (Å²) in [6, 6.07) is 7.14. The van der Waals surface area contributed by atoms with E-state index < -0.39 is 0 Å². The molecule has 19 heavy (non-hydrogen) atoms. The average molecular weight is 263 g/mol. The first-order chi connectivity index (χ1) is 9.16. The summed E-state index contributed by atoms with van der Waals surface area (Å²) >= 11 is 0. The van der Waals surface area contributed by atoms with Crippen LogP contribution >= 0.6 is 0 Å². The lowest BCUT2D eigenvalue weighted by Gasteiger charge is -2.32. The van der Waals surface area contributed by atoms with Gasteiger partial charge in [-0.25, -0.2) is 0 Å². The van der Waals surface area contributed by atoms with Crippen LogP contribution in [0.1, 0.15) is 26.2 Å². The van der Waals surface area contributed by atoms with Crippen LogP contribution in [0.15, 0.2) is 24.3 Å². The second-order valence-electron chi connectivity index (χ2n) is 5.13. The minimum Gasteiger partial charge on any atom is -0.383 e. The highest BCUT2D eigenvalue weighted by atomic mass is 16.6. The van der Waals surface area contributed by atoms with Gasteiger partial charge < -0.3 is 5.32 Å². The maximum atomic E-state index is 10.7. The fraction of sp³-hybridized carbons (Fsp3) is 0.571. The third-order valence-electron chi connectivity index (χ3n) is 3.67. The van der Waals surface area contributed by atoms with Crippen molar-refractivity contribution in [1.82, 2.24) is 4.90 Å². The topological polar surface area (TPSA) is 58.4 Å². The fourth-order valence-electron chi connectivity index (χ4n) is 2.48. The van der Waals surface area contributed by atoms with Gasteiger partial charge in [0, 0.05) is 30.4 Å². The van der Waals surface area contributed by atoms with Crippen molar-refractivity contribution in [3.63, 3.8) is 0 Å². The number of nitrogens with zero attached hydrogens (tertiary/aromatic N) is 2. The molecular formula is C14H21N3O2. The number of nitrogens with one attached hydrogen (secondary N) is 1. The van der Waals surface area contributed by atoms with E-state index in [1.54, 1.807) is 12.1 Å². The van der Waals surface area contributed by atoms with Gasteiger partial charge in [0.25, 0.3) is 5.69 Å². The highest BCUT2D eigenvalue weighted by Crippen LogP contribution is 2.18. The third kappa shape index (κ3) is 3.92. The Labute approximate surface area is 113 Å². The Kier molecular flexibility index (Phi) is 4.74. The van der Waals surface area contributed by atoms with Crippen LogP contribution in [-0.4, -0.2) is 35.5 Å². The Morgan fingerprint density at radius 2 is 2.11 bits per heavy atom. The monoisotopic (exact) mass is 263 g/mol. The normalized spacial score (nSPS) is 17.9. The number of anilines is 1. The van der Waals surface area contributed by atoms with Crippen LogP contribution in [0.5, 0.6) is 0 Å². The summed E-state index contributed by atoms with van der Waals surface area (Å²) in [4.78, 5) is 12.8. The molecule has 1 atom stereocenters. The number of nitro groups is 1. The van der Waals surface area contributed by atoms with Gasteiger partial charge in [-0.1, -0.05) is 12.5 Å². The van der Waals surface area contributed by atoms with Gasteiger partial charge in [-0.3, -0.25) is 15.0 Å². The predicted molar refractivity (Wildman–Crippen MR) is 76.5 cm³/mol. The zero-order valence-corrected chi connectivity index (χ0v) is 11.3. The molecule has 104 valence electrons. The molecule has 0 radical (unpaired) electrons. The third-order valence-corrected chi connectivity index (χ3v) is 3.67. The van der Waals surface area contributed by atoms with Crippen molar-refractivity contribution >= 4 is 11.4 Å². The first-order valence-corrected chi connectivity index (χ1v) is 6.89. The summed E-state index contributed by atoms with van der Waals surface area (Å²) in [5, 5.41) is 14.0. The van der Waals surface area contributed by atoms with Crippen LogP contribution < -0.4 is 5.32 Å². The molecule has 0 aromatic heterocycles. The van der Waals surface area contributed by atoms with Crippen LogP contribution in [0, 0.1) is 10.1 Å². The molecule has 5 nitrogen and oxygen atoms in total. The molecule has 1 aromatic carbocycles. The number of hydrogen-bond acceptors (Lipinski definition) is 4. The van der Waals surface area contributed by atoms with E-state index in [-0.39, 0.29) is 10.6 Å². The zero-order chi connectivity index (χ0) is 13.7. The first kappa shape index (κ1) is 13.8. The van der Waals surface area contributed by atoms with E-state index in [0.717, 1.165) is 25.3 Å². The Hall–Kier alpha value is -1.62. The molecule has 1 aliphatic heterocycles. The molecule has 1 fully saturated rings. The van der Waals surface area contributed by atoms with Gasteiger partial charge in [-0.2, -0.15) is 0 Å². The highest BCUT2D eigenvalue weighted by Gasteiger charge is 2.16. The van der Waals surface area contributed by atoms with Gasteiger partial charge in [0.1, 0.15) is 0 Å². The number of non-ortho nitro benzene ring substituents is 1. The van der Waals surface area contributed by atoms with Crippen molar-refractivity contribution < 1.29 is 4.92 Å². The van der Waals surface area contributed by atoms with Gasteiger partial charge >= 0.3 is 0 Å². The number of rotatable bonds is 5. The van der Waals surface area contributed by atoms with Crippen molar-refractivity contribution in [1.29, 1.82) is 0 Å². The fourth-order valence-corrected chi connectivity index (χ4v) is 2.48. The minimum absolute atomic E-state index is 0.135. The standard InChI is InChI=1S/C14H21N3O2/c1-12(16-8-3-2-4-9-16)11-15-13-6-5-7-14(10-13)17(18)19/h5-7,10,12,15H,2-4,8-9,11H2,1H3. The maximum Gasteiger partial charge on any atom is 0.271 e. The molecule has 0 saturated carbocycles. The van der Waals surface area contributed by atoms with Crippen molar-refractivity contribution in [2.24, 2.45) is 0 Å². The van der Waals surface area contributed by atoms with Crippen LogP contribution in [0.3, 0.4) is 0 Å². The summed E-state index contributed by atoms with van der Waals surface area (Å²) < 4.78 is 0. The molecule has 0 amide bonds. The van der Waals surface area contributed by atoms with E-state index in [1.165, 1.54) is 25.3 Å². The molecule has 5 heteroatoms. The number of benzene rings is 1. The average Bonchev–Trinajstić information content (AvgIpc) is 2.46.